The molecule has 1 aliphatic heterocycles. The number of likely N-dealkylation sites (tertiary alicyclic amines) is 1. The average Bonchev–Trinajstić information content (AvgIpc) is 3.23. The molecule has 0 bridgehead atoms. The van der Waals surface area contributed by atoms with E-state index in [2.05, 4.69) is 9.88 Å². The molecule has 5 heteroatoms. The standard InChI is InChI=1S/C21H25N3O2/c25-19-12-11-18(21(26)23-14-13-22-15-23)20(16-7-3-1-4-8-16)24(19)17-9-5-2-6-10-17/h1,3-4,7-8,13-15,17-18,20H,2,5-6,9-12H2/t18-,20-/m1/s1. The summed E-state index contributed by atoms with van der Waals surface area (Å²) in [5.41, 5.74) is 1.06. The van der Waals surface area contributed by atoms with Gasteiger partial charge in [-0.25, -0.2) is 4.98 Å². The first-order chi connectivity index (χ1) is 12.8. The summed E-state index contributed by atoms with van der Waals surface area (Å²) in [6.07, 6.45) is 11.6. The Labute approximate surface area is 154 Å². The third-order valence-electron chi connectivity index (χ3n) is 5.82. The van der Waals surface area contributed by atoms with Crippen LogP contribution in [0.4, 0.5) is 0 Å². The van der Waals surface area contributed by atoms with Gasteiger partial charge < -0.3 is 4.90 Å². The summed E-state index contributed by atoms with van der Waals surface area (Å²) in [6, 6.07) is 10.1. The van der Waals surface area contributed by atoms with Crippen LogP contribution in [0.2, 0.25) is 0 Å². The SMILES string of the molecule is O=C1CC[C@@H](C(=O)n2ccnc2)[C@@H](c2ccccc2)N1C1CCCCC1. The van der Waals surface area contributed by atoms with Gasteiger partial charge >= 0.3 is 0 Å². The molecule has 1 aliphatic carbocycles. The molecule has 26 heavy (non-hydrogen) atoms. The highest BCUT2D eigenvalue weighted by Crippen LogP contribution is 2.41. The van der Waals surface area contributed by atoms with Gasteiger partial charge in [0.05, 0.1) is 12.0 Å². The molecular weight excluding hydrogens is 326 g/mol. The Balaban J connectivity index is 1.73. The summed E-state index contributed by atoms with van der Waals surface area (Å²) in [6.45, 7) is 0. The molecule has 1 saturated heterocycles. The third-order valence-corrected chi connectivity index (χ3v) is 5.82. The Kier molecular flexibility index (Phi) is 4.87. The number of aromatic nitrogens is 2. The lowest BCUT2D eigenvalue weighted by Crippen LogP contribution is -2.51. The number of amides is 1. The molecule has 1 aromatic heterocycles. The molecule has 0 unspecified atom stereocenters. The number of benzene rings is 1. The van der Waals surface area contributed by atoms with Crippen molar-refractivity contribution in [2.45, 2.75) is 57.0 Å². The maximum absolute atomic E-state index is 13.2. The minimum absolute atomic E-state index is 0.0321. The second kappa shape index (κ2) is 7.44. The lowest BCUT2D eigenvalue weighted by atomic mass is 9.80. The van der Waals surface area contributed by atoms with Crippen LogP contribution in [0.25, 0.3) is 0 Å². The summed E-state index contributed by atoms with van der Waals surface area (Å²) in [4.78, 5) is 32.2. The normalized spacial score (nSPS) is 24.6. The van der Waals surface area contributed by atoms with Crippen LogP contribution in [0.3, 0.4) is 0 Å². The van der Waals surface area contributed by atoms with E-state index in [0.29, 0.717) is 12.8 Å². The molecule has 2 aliphatic rings. The number of piperidine rings is 1. The van der Waals surface area contributed by atoms with Crippen molar-refractivity contribution in [1.29, 1.82) is 0 Å². The Bertz CT molecular complexity index is 751. The molecule has 2 atom stereocenters. The van der Waals surface area contributed by atoms with Gasteiger partial charge in [-0.2, -0.15) is 0 Å². The quantitative estimate of drug-likeness (QED) is 0.844. The number of rotatable bonds is 3. The smallest absolute Gasteiger partial charge is 0.237 e. The van der Waals surface area contributed by atoms with Gasteiger partial charge in [0.2, 0.25) is 11.8 Å². The molecule has 5 nitrogen and oxygen atoms in total. The maximum Gasteiger partial charge on any atom is 0.237 e. The van der Waals surface area contributed by atoms with Crippen molar-refractivity contribution in [3.8, 4) is 0 Å². The molecule has 0 radical (unpaired) electrons. The lowest BCUT2D eigenvalue weighted by molar-refractivity contribution is -0.142. The highest BCUT2D eigenvalue weighted by atomic mass is 16.2. The van der Waals surface area contributed by atoms with Crippen molar-refractivity contribution in [2.24, 2.45) is 5.92 Å². The molecule has 2 aromatic rings. The van der Waals surface area contributed by atoms with Gasteiger partial charge in [-0.3, -0.25) is 14.2 Å². The number of nitrogens with zero attached hydrogens (tertiary/aromatic N) is 3. The molecule has 4 rings (SSSR count). The highest BCUT2D eigenvalue weighted by molar-refractivity contribution is 5.86. The fourth-order valence-corrected chi connectivity index (χ4v) is 4.59. The average molecular weight is 351 g/mol. The second-order valence-corrected chi connectivity index (χ2v) is 7.40. The van der Waals surface area contributed by atoms with Crippen molar-refractivity contribution >= 4 is 11.8 Å². The van der Waals surface area contributed by atoms with Crippen molar-refractivity contribution in [2.75, 3.05) is 0 Å². The zero-order valence-corrected chi connectivity index (χ0v) is 15.0. The van der Waals surface area contributed by atoms with Crippen molar-refractivity contribution < 1.29 is 9.59 Å². The Morgan fingerprint density at radius 3 is 2.50 bits per heavy atom. The van der Waals surface area contributed by atoms with Gasteiger partial charge in [0.25, 0.3) is 0 Å². The Morgan fingerprint density at radius 2 is 1.81 bits per heavy atom. The van der Waals surface area contributed by atoms with Crippen LogP contribution >= 0.6 is 0 Å². The molecule has 136 valence electrons. The van der Waals surface area contributed by atoms with E-state index in [-0.39, 0.29) is 29.8 Å². The predicted molar refractivity (Wildman–Crippen MR) is 98.5 cm³/mol. The van der Waals surface area contributed by atoms with Gasteiger partial charge in [-0.15, -0.1) is 0 Å². The van der Waals surface area contributed by atoms with E-state index >= 15 is 0 Å². The largest absolute Gasteiger partial charge is 0.332 e. The minimum atomic E-state index is -0.230. The monoisotopic (exact) mass is 351 g/mol. The highest BCUT2D eigenvalue weighted by Gasteiger charge is 2.43. The second-order valence-electron chi connectivity index (χ2n) is 7.40. The Hall–Kier alpha value is -2.43. The van der Waals surface area contributed by atoms with Gasteiger partial charge in [-0.1, -0.05) is 49.6 Å². The molecule has 0 N–H and O–H groups in total. The van der Waals surface area contributed by atoms with E-state index in [4.69, 9.17) is 0 Å². The Morgan fingerprint density at radius 1 is 1.04 bits per heavy atom. The van der Waals surface area contributed by atoms with Crippen LogP contribution in [0.15, 0.2) is 49.1 Å². The molecule has 1 amide bonds. The first kappa shape index (κ1) is 17.0. The van der Waals surface area contributed by atoms with E-state index in [1.54, 1.807) is 23.3 Å². The summed E-state index contributed by atoms with van der Waals surface area (Å²) >= 11 is 0. The molecule has 2 fully saturated rings. The summed E-state index contributed by atoms with van der Waals surface area (Å²) < 4.78 is 1.56. The zero-order valence-electron chi connectivity index (χ0n) is 15.0. The van der Waals surface area contributed by atoms with Crippen LogP contribution in [-0.4, -0.2) is 32.3 Å². The zero-order chi connectivity index (χ0) is 17.9. The molecule has 2 heterocycles. The summed E-state index contributed by atoms with van der Waals surface area (Å²) in [5.74, 6) is -0.00340. The number of hydrogen-bond donors (Lipinski definition) is 0. The first-order valence-corrected chi connectivity index (χ1v) is 9.64. The van der Waals surface area contributed by atoms with Gasteiger partial charge in [0.15, 0.2) is 0 Å². The molecular formula is C21H25N3O2. The lowest BCUT2D eigenvalue weighted by Gasteiger charge is -2.46. The number of carbonyl (C=O) groups excluding carboxylic acids is 2. The van der Waals surface area contributed by atoms with E-state index in [0.717, 1.165) is 31.2 Å². The molecule has 1 saturated carbocycles. The van der Waals surface area contributed by atoms with Crippen molar-refractivity contribution in [1.82, 2.24) is 14.5 Å². The number of carbonyl (C=O) groups is 2. The van der Waals surface area contributed by atoms with E-state index < -0.39 is 0 Å². The maximum atomic E-state index is 13.2. The third kappa shape index (κ3) is 3.18. The van der Waals surface area contributed by atoms with Gasteiger partial charge in [0, 0.05) is 24.9 Å². The van der Waals surface area contributed by atoms with E-state index in [1.165, 1.54) is 6.42 Å². The van der Waals surface area contributed by atoms with Gasteiger partial charge in [0.1, 0.15) is 6.33 Å². The van der Waals surface area contributed by atoms with E-state index in [1.807, 2.05) is 30.3 Å². The minimum Gasteiger partial charge on any atom is -0.332 e. The van der Waals surface area contributed by atoms with Crippen LogP contribution in [-0.2, 0) is 4.79 Å². The first-order valence-electron chi connectivity index (χ1n) is 9.64. The molecule has 1 aromatic carbocycles. The van der Waals surface area contributed by atoms with Crippen molar-refractivity contribution in [3.63, 3.8) is 0 Å². The number of hydrogen-bond acceptors (Lipinski definition) is 3. The fourth-order valence-electron chi connectivity index (χ4n) is 4.59. The van der Waals surface area contributed by atoms with Gasteiger partial charge in [-0.05, 0) is 24.8 Å². The molecule has 0 spiro atoms. The summed E-state index contributed by atoms with van der Waals surface area (Å²) in [7, 11) is 0. The van der Waals surface area contributed by atoms with Crippen LogP contribution in [0, 0.1) is 5.92 Å². The number of imidazole rings is 1. The topological polar surface area (TPSA) is 55.2 Å². The fraction of sp³-hybridized carbons (Fsp3) is 0.476. The van der Waals surface area contributed by atoms with Crippen LogP contribution < -0.4 is 0 Å². The van der Waals surface area contributed by atoms with E-state index in [9.17, 15) is 9.59 Å². The van der Waals surface area contributed by atoms with Crippen LogP contribution in [0.5, 0.6) is 0 Å². The van der Waals surface area contributed by atoms with Crippen molar-refractivity contribution in [3.05, 3.63) is 54.6 Å². The van der Waals surface area contributed by atoms with Crippen LogP contribution in [0.1, 0.15) is 61.3 Å². The summed E-state index contributed by atoms with van der Waals surface area (Å²) in [5, 5.41) is 0. The predicted octanol–water partition coefficient (Wildman–Crippen LogP) is 3.84.